The maximum Gasteiger partial charge on any atom is 0.0514 e. The Morgan fingerprint density at radius 2 is 2.19 bits per heavy atom. The van der Waals surface area contributed by atoms with Gasteiger partial charge in [-0.2, -0.15) is 0 Å². The maximum atomic E-state index is 9.69. The number of para-hydroxylation sites is 1. The molecule has 2 aliphatic heterocycles. The number of piperidine rings is 1. The summed E-state index contributed by atoms with van der Waals surface area (Å²) in [4.78, 5) is 6.32. The molecule has 3 heterocycles. The van der Waals surface area contributed by atoms with Crippen LogP contribution in [0.4, 0.5) is 0 Å². The van der Waals surface area contributed by atoms with E-state index in [4.69, 9.17) is 0 Å². The van der Waals surface area contributed by atoms with Gasteiger partial charge < -0.3 is 10.1 Å². The van der Waals surface area contributed by atoms with Gasteiger partial charge in [0.25, 0.3) is 0 Å². The molecule has 3 unspecified atom stereocenters. The minimum Gasteiger partial charge on any atom is -0.393 e. The first-order valence-corrected chi connectivity index (χ1v) is 8.24. The molecule has 0 bridgehead atoms. The molecule has 2 aromatic rings. The summed E-state index contributed by atoms with van der Waals surface area (Å²) in [5.74, 6) is 0.656. The van der Waals surface area contributed by atoms with Crippen molar-refractivity contribution in [3.8, 4) is 0 Å². The number of nitrogens with one attached hydrogen (secondary N) is 1. The van der Waals surface area contributed by atoms with Crippen molar-refractivity contribution in [3.63, 3.8) is 0 Å². The van der Waals surface area contributed by atoms with Crippen molar-refractivity contribution in [2.45, 2.75) is 44.8 Å². The van der Waals surface area contributed by atoms with E-state index in [1.807, 2.05) is 6.92 Å². The number of nitrogens with zero attached hydrogens (tertiary/aromatic N) is 1. The first kappa shape index (κ1) is 13.4. The smallest absolute Gasteiger partial charge is 0.0514 e. The maximum absolute atomic E-state index is 9.69. The van der Waals surface area contributed by atoms with E-state index in [0.717, 1.165) is 12.8 Å². The Morgan fingerprint density at radius 3 is 3.05 bits per heavy atom. The van der Waals surface area contributed by atoms with Gasteiger partial charge in [0.15, 0.2) is 0 Å². The highest BCUT2D eigenvalue weighted by Gasteiger charge is 2.35. The Bertz CT molecular complexity index is 646. The second-order valence-corrected chi connectivity index (χ2v) is 6.84. The molecule has 2 aliphatic rings. The Balaban J connectivity index is 1.68. The molecule has 4 rings (SSSR count). The second-order valence-electron chi connectivity index (χ2n) is 6.84. The number of aliphatic hydroxyl groups is 1. The van der Waals surface area contributed by atoms with Gasteiger partial charge in [-0.25, -0.2) is 0 Å². The molecule has 0 radical (unpaired) electrons. The van der Waals surface area contributed by atoms with Crippen LogP contribution in [0.15, 0.2) is 24.3 Å². The second kappa shape index (κ2) is 5.15. The summed E-state index contributed by atoms with van der Waals surface area (Å²) in [6.45, 7) is 4.28. The zero-order valence-electron chi connectivity index (χ0n) is 12.7. The van der Waals surface area contributed by atoms with Gasteiger partial charge in [-0.1, -0.05) is 18.2 Å². The van der Waals surface area contributed by atoms with Gasteiger partial charge in [0.05, 0.1) is 12.1 Å². The number of H-pyrrole nitrogens is 1. The van der Waals surface area contributed by atoms with Crippen molar-refractivity contribution < 1.29 is 5.11 Å². The SMILES string of the molecule is CC(O)CC1CCN2CCc3c([nH]c4ccccc34)C2C1. The lowest BCUT2D eigenvalue weighted by Gasteiger charge is -2.42. The molecular formula is C18H24N2O. The number of rotatable bonds is 2. The zero-order chi connectivity index (χ0) is 14.4. The zero-order valence-corrected chi connectivity index (χ0v) is 12.7. The van der Waals surface area contributed by atoms with Crippen molar-refractivity contribution in [2.75, 3.05) is 13.1 Å². The van der Waals surface area contributed by atoms with Gasteiger partial charge in [-0.05, 0) is 56.7 Å². The van der Waals surface area contributed by atoms with Crippen molar-refractivity contribution in [2.24, 2.45) is 5.92 Å². The highest BCUT2D eigenvalue weighted by Crippen LogP contribution is 2.41. The number of hydrogen-bond acceptors (Lipinski definition) is 2. The third kappa shape index (κ3) is 2.29. The first-order chi connectivity index (χ1) is 10.2. The van der Waals surface area contributed by atoms with Gasteiger partial charge in [0.1, 0.15) is 0 Å². The van der Waals surface area contributed by atoms with E-state index in [1.54, 1.807) is 0 Å². The summed E-state index contributed by atoms with van der Waals surface area (Å²) in [5.41, 5.74) is 4.25. The molecule has 3 heteroatoms. The van der Waals surface area contributed by atoms with Gasteiger partial charge in [0.2, 0.25) is 0 Å². The summed E-state index contributed by atoms with van der Waals surface area (Å²) < 4.78 is 0. The molecule has 0 spiro atoms. The van der Waals surface area contributed by atoms with Crippen LogP contribution in [0.1, 0.15) is 43.5 Å². The molecule has 0 aliphatic carbocycles. The number of aromatic nitrogens is 1. The fourth-order valence-electron chi connectivity index (χ4n) is 4.38. The van der Waals surface area contributed by atoms with Crippen LogP contribution in [0.5, 0.6) is 0 Å². The molecule has 21 heavy (non-hydrogen) atoms. The van der Waals surface area contributed by atoms with Crippen molar-refractivity contribution in [3.05, 3.63) is 35.5 Å². The molecule has 3 nitrogen and oxygen atoms in total. The van der Waals surface area contributed by atoms with E-state index in [2.05, 4.69) is 34.1 Å². The number of aromatic amines is 1. The molecule has 1 saturated heterocycles. The summed E-state index contributed by atoms with van der Waals surface area (Å²) in [6.07, 6.45) is 4.35. The van der Waals surface area contributed by atoms with Gasteiger partial charge in [-0.15, -0.1) is 0 Å². The van der Waals surface area contributed by atoms with E-state index < -0.39 is 0 Å². The average Bonchev–Trinajstić information content (AvgIpc) is 2.85. The number of fused-ring (bicyclic) bond motifs is 5. The summed E-state index contributed by atoms with van der Waals surface area (Å²) >= 11 is 0. The molecular weight excluding hydrogens is 260 g/mol. The lowest BCUT2D eigenvalue weighted by molar-refractivity contribution is 0.0721. The Hall–Kier alpha value is -1.32. The topological polar surface area (TPSA) is 39.3 Å². The standard InChI is InChI=1S/C18H24N2O/c1-12(21)10-13-6-8-20-9-7-15-14-4-2-3-5-16(14)19-18(15)17(20)11-13/h2-5,12-13,17,19,21H,6-11H2,1H3. The van der Waals surface area contributed by atoms with Crippen LogP contribution in [0.3, 0.4) is 0 Å². The lowest BCUT2D eigenvalue weighted by Crippen LogP contribution is -2.41. The van der Waals surface area contributed by atoms with Crippen molar-refractivity contribution >= 4 is 10.9 Å². The Morgan fingerprint density at radius 1 is 1.33 bits per heavy atom. The predicted octanol–water partition coefficient (Wildman–Crippen LogP) is 3.25. The Kier molecular flexibility index (Phi) is 3.27. The molecule has 3 atom stereocenters. The summed E-state index contributed by atoms with van der Waals surface area (Å²) in [5, 5.41) is 11.1. The van der Waals surface area contributed by atoms with E-state index in [-0.39, 0.29) is 6.10 Å². The fraction of sp³-hybridized carbons (Fsp3) is 0.556. The highest BCUT2D eigenvalue weighted by molar-refractivity contribution is 5.85. The largest absolute Gasteiger partial charge is 0.393 e. The van der Waals surface area contributed by atoms with Crippen LogP contribution >= 0.6 is 0 Å². The van der Waals surface area contributed by atoms with E-state index in [9.17, 15) is 5.11 Å². The molecule has 2 N–H and O–H groups in total. The van der Waals surface area contributed by atoms with Crippen molar-refractivity contribution in [1.82, 2.24) is 9.88 Å². The molecule has 112 valence electrons. The molecule has 0 amide bonds. The third-order valence-corrected chi connectivity index (χ3v) is 5.33. The number of hydrogen-bond donors (Lipinski definition) is 2. The average molecular weight is 284 g/mol. The summed E-state index contributed by atoms with van der Waals surface area (Å²) in [6, 6.07) is 9.21. The van der Waals surface area contributed by atoms with Gasteiger partial charge in [-0.3, -0.25) is 4.90 Å². The molecule has 0 saturated carbocycles. The normalized spacial score (nSPS) is 27.3. The lowest BCUT2D eigenvalue weighted by atomic mass is 9.82. The third-order valence-electron chi connectivity index (χ3n) is 5.33. The van der Waals surface area contributed by atoms with Crippen LogP contribution in [-0.2, 0) is 6.42 Å². The number of aliphatic hydroxyl groups excluding tert-OH is 1. The minimum atomic E-state index is -0.174. The van der Waals surface area contributed by atoms with E-state index in [1.165, 1.54) is 48.1 Å². The quantitative estimate of drug-likeness (QED) is 0.888. The van der Waals surface area contributed by atoms with Gasteiger partial charge in [0, 0.05) is 23.1 Å². The Labute approximate surface area is 126 Å². The highest BCUT2D eigenvalue weighted by atomic mass is 16.3. The van der Waals surface area contributed by atoms with Crippen LogP contribution in [-0.4, -0.2) is 34.2 Å². The van der Waals surface area contributed by atoms with E-state index in [0.29, 0.717) is 12.0 Å². The monoisotopic (exact) mass is 284 g/mol. The minimum absolute atomic E-state index is 0.174. The summed E-state index contributed by atoms with van der Waals surface area (Å²) in [7, 11) is 0. The molecule has 1 fully saturated rings. The van der Waals surface area contributed by atoms with E-state index >= 15 is 0 Å². The molecule has 1 aromatic carbocycles. The van der Waals surface area contributed by atoms with Gasteiger partial charge >= 0.3 is 0 Å². The molecule has 1 aromatic heterocycles. The van der Waals surface area contributed by atoms with Crippen molar-refractivity contribution in [1.29, 1.82) is 0 Å². The fourth-order valence-corrected chi connectivity index (χ4v) is 4.38. The number of benzene rings is 1. The predicted molar refractivity (Wildman–Crippen MR) is 85.3 cm³/mol. The van der Waals surface area contributed by atoms with Crippen LogP contribution in [0, 0.1) is 5.92 Å². The van der Waals surface area contributed by atoms with Crippen LogP contribution in [0.25, 0.3) is 10.9 Å². The first-order valence-electron chi connectivity index (χ1n) is 8.24. The van der Waals surface area contributed by atoms with Crippen LogP contribution < -0.4 is 0 Å². The van der Waals surface area contributed by atoms with Crippen LogP contribution in [0.2, 0.25) is 0 Å².